The number of nitrogens with zero attached hydrogens (tertiary/aromatic N) is 3. The summed E-state index contributed by atoms with van der Waals surface area (Å²) >= 11 is 0. The standard InChI is InChI=1S/C25H30N4O4/c1-4-28(5-2)16-8-9-18(3)26-25(30)22-17-19(27-23-11-7-6-10-21(22)23)12-13-20-14-15-24(33-20)29(31)32/h6-7,10-15,17-18H,4-5,8-9,16H2,1-3H3,(H,26,30)/b13-12+/t18-/m1/s1. The molecule has 0 saturated heterocycles. The fourth-order valence-corrected chi connectivity index (χ4v) is 3.70. The molecule has 3 rings (SSSR count). The van der Waals surface area contributed by atoms with Gasteiger partial charge in [-0.2, -0.15) is 0 Å². The normalized spacial score (nSPS) is 12.5. The minimum atomic E-state index is -0.586. The molecule has 174 valence electrons. The van der Waals surface area contributed by atoms with E-state index in [0.29, 0.717) is 22.5 Å². The van der Waals surface area contributed by atoms with Crippen molar-refractivity contribution in [3.63, 3.8) is 0 Å². The number of para-hydroxylation sites is 1. The van der Waals surface area contributed by atoms with Crippen LogP contribution < -0.4 is 5.32 Å². The molecule has 0 saturated carbocycles. The average molecular weight is 451 g/mol. The minimum absolute atomic E-state index is 0.0441. The van der Waals surface area contributed by atoms with Crippen molar-refractivity contribution in [3.05, 3.63) is 69.6 Å². The van der Waals surface area contributed by atoms with E-state index in [1.807, 2.05) is 31.2 Å². The van der Waals surface area contributed by atoms with Crippen molar-refractivity contribution in [2.75, 3.05) is 19.6 Å². The Morgan fingerprint density at radius 3 is 2.67 bits per heavy atom. The van der Waals surface area contributed by atoms with Crippen molar-refractivity contribution >= 4 is 34.8 Å². The lowest BCUT2D eigenvalue weighted by atomic mass is 10.1. The van der Waals surface area contributed by atoms with Crippen LogP contribution in [0.2, 0.25) is 0 Å². The largest absolute Gasteiger partial charge is 0.433 e. The van der Waals surface area contributed by atoms with Crippen LogP contribution in [0.4, 0.5) is 5.88 Å². The van der Waals surface area contributed by atoms with E-state index in [0.717, 1.165) is 37.9 Å². The number of nitro groups is 1. The van der Waals surface area contributed by atoms with E-state index in [2.05, 4.69) is 29.0 Å². The summed E-state index contributed by atoms with van der Waals surface area (Å²) in [6.45, 7) is 9.41. The fraction of sp³-hybridized carbons (Fsp3) is 0.360. The van der Waals surface area contributed by atoms with Gasteiger partial charge in [0.05, 0.1) is 22.8 Å². The zero-order chi connectivity index (χ0) is 23.8. The smallest absolute Gasteiger partial charge is 0.401 e. The summed E-state index contributed by atoms with van der Waals surface area (Å²) in [4.78, 5) is 30.3. The van der Waals surface area contributed by atoms with Gasteiger partial charge in [-0.05, 0) is 69.8 Å². The molecule has 1 amide bonds. The lowest BCUT2D eigenvalue weighted by molar-refractivity contribution is -0.402. The second-order valence-electron chi connectivity index (χ2n) is 7.92. The fourth-order valence-electron chi connectivity index (χ4n) is 3.70. The van der Waals surface area contributed by atoms with Gasteiger partial charge in [-0.25, -0.2) is 4.98 Å². The monoisotopic (exact) mass is 450 g/mol. The van der Waals surface area contributed by atoms with E-state index in [9.17, 15) is 14.9 Å². The van der Waals surface area contributed by atoms with E-state index in [1.165, 1.54) is 12.1 Å². The predicted octanol–water partition coefficient (Wildman–Crippen LogP) is 5.15. The third kappa shape index (κ3) is 6.49. The zero-order valence-corrected chi connectivity index (χ0v) is 19.3. The number of furan rings is 1. The van der Waals surface area contributed by atoms with Crippen LogP contribution in [0.1, 0.15) is 55.4 Å². The van der Waals surface area contributed by atoms with Gasteiger partial charge in [-0.15, -0.1) is 0 Å². The Kier molecular flexibility index (Phi) is 8.32. The summed E-state index contributed by atoms with van der Waals surface area (Å²) in [5.74, 6) is -0.132. The first kappa shape index (κ1) is 24.1. The van der Waals surface area contributed by atoms with Gasteiger partial charge in [0.25, 0.3) is 5.91 Å². The summed E-state index contributed by atoms with van der Waals surface area (Å²) in [5, 5.41) is 14.7. The lowest BCUT2D eigenvalue weighted by Gasteiger charge is -2.20. The summed E-state index contributed by atoms with van der Waals surface area (Å²) in [6.07, 6.45) is 5.19. The number of carbonyl (C=O) groups excluding carboxylic acids is 1. The maximum Gasteiger partial charge on any atom is 0.433 e. The van der Waals surface area contributed by atoms with Gasteiger partial charge < -0.3 is 14.6 Å². The van der Waals surface area contributed by atoms with Crippen molar-refractivity contribution in [1.82, 2.24) is 15.2 Å². The van der Waals surface area contributed by atoms with Crippen LogP contribution >= 0.6 is 0 Å². The summed E-state index contributed by atoms with van der Waals surface area (Å²) in [7, 11) is 0. The summed E-state index contributed by atoms with van der Waals surface area (Å²) < 4.78 is 5.16. The SMILES string of the molecule is CCN(CC)CCC[C@@H](C)NC(=O)c1cc(/C=C/c2ccc([N+](=O)[O-])o2)nc2ccccc12. The van der Waals surface area contributed by atoms with Crippen LogP contribution in [0.5, 0.6) is 0 Å². The van der Waals surface area contributed by atoms with E-state index in [1.54, 1.807) is 18.2 Å². The molecule has 8 heteroatoms. The molecule has 33 heavy (non-hydrogen) atoms. The molecule has 8 nitrogen and oxygen atoms in total. The molecule has 0 aliphatic rings. The molecule has 3 aromatic rings. The van der Waals surface area contributed by atoms with Crippen molar-refractivity contribution < 1.29 is 14.1 Å². The molecule has 2 heterocycles. The quantitative estimate of drug-likeness (QED) is 0.320. The summed E-state index contributed by atoms with van der Waals surface area (Å²) in [5.41, 5.74) is 1.80. The highest BCUT2D eigenvalue weighted by molar-refractivity contribution is 6.06. The van der Waals surface area contributed by atoms with Gasteiger partial charge in [0.1, 0.15) is 10.7 Å². The van der Waals surface area contributed by atoms with Crippen LogP contribution in [0.15, 0.2) is 46.9 Å². The average Bonchev–Trinajstić information content (AvgIpc) is 3.29. The number of pyridine rings is 1. The van der Waals surface area contributed by atoms with Crippen LogP contribution in [-0.4, -0.2) is 46.4 Å². The number of carbonyl (C=O) groups is 1. The molecule has 0 fully saturated rings. The number of aromatic nitrogens is 1. The van der Waals surface area contributed by atoms with E-state index < -0.39 is 4.92 Å². The van der Waals surface area contributed by atoms with Crippen LogP contribution in [0.3, 0.4) is 0 Å². The Balaban J connectivity index is 1.76. The lowest BCUT2D eigenvalue weighted by Crippen LogP contribution is -2.34. The molecule has 0 spiro atoms. The predicted molar refractivity (Wildman–Crippen MR) is 130 cm³/mol. The molecule has 0 aliphatic carbocycles. The van der Waals surface area contributed by atoms with Crippen LogP contribution in [0.25, 0.3) is 23.1 Å². The molecular weight excluding hydrogens is 420 g/mol. The Hall–Kier alpha value is -3.52. The van der Waals surface area contributed by atoms with Gasteiger partial charge in [-0.1, -0.05) is 32.0 Å². The first-order valence-electron chi connectivity index (χ1n) is 11.3. The highest BCUT2D eigenvalue weighted by Crippen LogP contribution is 2.21. The molecule has 1 aromatic carbocycles. The highest BCUT2D eigenvalue weighted by atomic mass is 16.6. The van der Waals surface area contributed by atoms with Gasteiger partial charge in [0.15, 0.2) is 0 Å². The Bertz CT molecular complexity index is 1130. The van der Waals surface area contributed by atoms with Gasteiger partial charge in [0, 0.05) is 11.4 Å². The molecule has 0 radical (unpaired) electrons. The van der Waals surface area contributed by atoms with Crippen molar-refractivity contribution in [2.45, 2.75) is 39.7 Å². The maximum atomic E-state index is 13.1. The molecule has 0 unspecified atom stereocenters. The molecule has 1 atom stereocenters. The maximum absolute atomic E-state index is 13.1. The third-order valence-electron chi connectivity index (χ3n) is 5.57. The topological polar surface area (TPSA) is 102 Å². The first-order valence-corrected chi connectivity index (χ1v) is 11.3. The second kappa shape index (κ2) is 11.4. The number of benzene rings is 1. The molecule has 0 aliphatic heterocycles. The number of rotatable bonds is 11. The van der Waals surface area contributed by atoms with E-state index in [-0.39, 0.29) is 17.8 Å². The number of nitrogens with one attached hydrogen (secondary N) is 1. The summed E-state index contributed by atoms with van der Waals surface area (Å²) in [6, 6.07) is 12.1. The van der Waals surface area contributed by atoms with Gasteiger partial charge >= 0.3 is 5.88 Å². The molecule has 2 aromatic heterocycles. The number of amides is 1. The zero-order valence-electron chi connectivity index (χ0n) is 19.3. The molecule has 0 bridgehead atoms. The Labute approximate surface area is 193 Å². The Morgan fingerprint density at radius 2 is 1.97 bits per heavy atom. The van der Waals surface area contributed by atoms with Crippen molar-refractivity contribution in [1.29, 1.82) is 0 Å². The molecular formula is C25H30N4O4. The van der Waals surface area contributed by atoms with Crippen molar-refractivity contribution in [2.24, 2.45) is 0 Å². The van der Waals surface area contributed by atoms with Gasteiger partial charge in [-0.3, -0.25) is 14.9 Å². The third-order valence-corrected chi connectivity index (χ3v) is 5.57. The van der Waals surface area contributed by atoms with Crippen LogP contribution in [-0.2, 0) is 0 Å². The highest BCUT2D eigenvalue weighted by Gasteiger charge is 2.15. The number of hydrogen-bond donors (Lipinski definition) is 1. The van der Waals surface area contributed by atoms with Crippen molar-refractivity contribution in [3.8, 4) is 0 Å². The first-order chi connectivity index (χ1) is 15.9. The van der Waals surface area contributed by atoms with E-state index in [4.69, 9.17) is 4.42 Å². The second-order valence-corrected chi connectivity index (χ2v) is 7.92. The van der Waals surface area contributed by atoms with Crippen LogP contribution in [0, 0.1) is 10.1 Å². The van der Waals surface area contributed by atoms with Gasteiger partial charge in [0.2, 0.25) is 0 Å². The Morgan fingerprint density at radius 1 is 1.21 bits per heavy atom. The molecule has 1 N–H and O–H groups in total. The van der Waals surface area contributed by atoms with E-state index >= 15 is 0 Å². The number of hydrogen-bond acceptors (Lipinski definition) is 6. The number of fused-ring (bicyclic) bond motifs is 1. The minimum Gasteiger partial charge on any atom is -0.401 e.